The van der Waals surface area contributed by atoms with E-state index in [4.69, 9.17) is 5.11 Å². The summed E-state index contributed by atoms with van der Waals surface area (Å²) in [5.41, 5.74) is 0.321. The average Bonchev–Trinajstić information content (AvgIpc) is 2.31. The van der Waals surface area contributed by atoms with Crippen molar-refractivity contribution in [3.05, 3.63) is 29.3 Å². The Morgan fingerprint density at radius 1 is 1.44 bits per heavy atom. The Hall–Kier alpha value is -1.56. The van der Waals surface area contributed by atoms with Gasteiger partial charge >= 0.3 is 5.97 Å². The molecule has 0 aliphatic rings. The van der Waals surface area contributed by atoms with Gasteiger partial charge in [0.15, 0.2) is 0 Å². The third-order valence-corrected chi connectivity index (χ3v) is 2.94. The molecule has 0 fully saturated rings. The van der Waals surface area contributed by atoms with Crippen LogP contribution in [0.1, 0.15) is 29.3 Å². The molecule has 5 nitrogen and oxygen atoms in total. The van der Waals surface area contributed by atoms with Gasteiger partial charge in [0.1, 0.15) is 11.3 Å². The molecule has 1 atom stereocenters. The van der Waals surface area contributed by atoms with Crippen LogP contribution in [-0.2, 0) is 11.2 Å². The normalized spacial score (nSPS) is 11.9. The van der Waals surface area contributed by atoms with Crippen molar-refractivity contribution in [3.8, 4) is 5.75 Å². The summed E-state index contributed by atoms with van der Waals surface area (Å²) >= 11 is 3.26. The molecule has 0 bridgehead atoms. The number of hydrogen-bond acceptors (Lipinski definition) is 3. The van der Waals surface area contributed by atoms with E-state index >= 15 is 0 Å². The second kappa shape index (κ2) is 6.39. The number of aromatic hydroxyl groups is 1. The van der Waals surface area contributed by atoms with Crippen LogP contribution in [0.15, 0.2) is 18.2 Å². The first-order valence-electron chi connectivity index (χ1n) is 5.43. The van der Waals surface area contributed by atoms with Crippen molar-refractivity contribution in [2.24, 2.45) is 0 Å². The van der Waals surface area contributed by atoms with Gasteiger partial charge < -0.3 is 15.5 Å². The van der Waals surface area contributed by atoms with Crippen molar-refractivity contribution in [2.45, 2.75) is 24.7 Å². The van der Waals surface area contributed by atoms with Crippen LogP contribution in [-0.4, -0.2) is 27.0 Å². The van der Waals surface area contributed by atoms with E-state index in [0.717, 1.165) is 0 Å². The van der Waals surface area contributed by atoms with Crippen molar-refractivity contribution < 1.29 is 19.8 Å². The lowest BCUT2D eigenvalue weighted by molar-refractivity contribution is -0.120. The number of aromatic carboxylic acids is 1. The fraction of sp³-hybridized carbons (Fsp3) is 0.333. The van der Waals surface area contributed by atoms with Gasteiger partial charge in [-0.3, -0.25) is 4.79 Å². The Bertz CT molecular complexity index is 461. The molecule has 0 unspecified atom stereocenters. The van der Waals surface area contributed by atoms with E-state index in [1.807, 2.05) is 0 Å². The molecule has 0 aromatic heterocycles. The van der Waals surface area contributed by atoms with E-state index in [9.17, 15) is 14.7 Å². The van der Waals surface area contributed by atoms with Crippen LogP contribution < -0.4 is 5.32 Å². The first-order valence-corrected chi connectivity index (χ1v) is 6.34. The molecule has 1 aromatic carbocycles. The summed E-state index contributed by atoms with van der Waals surface area (Å²) in [6.07, 6.45) is 0.669. The molecule has 0 aliphatic heterocycles. The number of para-hydroxylation sites is 1. The number of alkyl halides is 1. The lowest BCUT2D eigenvalue weighted by Crippen LogP contribution is -2.31. The number of hydrogen-bond donors (Lipinski definition) is 3. The molecule has 1 rings (SSSR count). The van der Waals surface area contributed by atoms with Crippen LogP contribution in [0.5, 0.6) is 5.75 Å². The predicted octanol–water partition coefficient (Wildman–Crippen LogP) is 1.88. The van der Waals surface area contributed by atoms with Crippen LogP contribution in [0.25, 0.3) is 0 Å². The molecule has 6 heteroatoms. The van der Waals surface area contributed by atoms with Crippen molar-refractivity contribution in [1.82, 2.24) is 5.32 Å². The van der Waals surface area contributed by atoms with Crippen LogP contribution in [0.3, 0.4) is 0 Å². The van der Waals surface area contributed by atoms with Gasteiger partial charge in [0.2, 0.25) is 5.91 Å². The minimum atomic E-state index is -1.18. The average molecular weight is 316 g/mol. The fourth-order valence-corrected chi connectivity index (χ4v) is 2.05. The van der Waals surface area contributed by atoms with Crippen LogP contribution in [0.2, 0.25) is 0 Å². The summed E-state index contributed by atoms with van der Waals surface area (Å²) in [6, 6.07) is 4.50. The molecule has 0 heterocycles. The highest BCUT2D eigenvalue weighted by Crippen LogP contribution is 2.24. The zero-order chi connectivity index (χ0) is 13.7. The second-order valence-electron chi connectivity index (χ2n) is 3.71. The van der Waals surface area contributed by atoms with Gasteiger partial charge in [0.05, 0.1) is 4.95 Å². The van der Waals surface area contributed by atoms with E-state index in [2.05, 4.69) is 21.2 Å². The third kappa shape index (κ3) is 3.73. The Kier molecular flexibility index (Phi) is 5.15. The highest BCUT2D eigenvalue weighted by atomic mass is 79.9. The van der Waals surface area contributed by atoms with Gasteiger partial charge in [-0.15, -0.1) is 0 Å². The first-order chi connectivity index (χ1) is 8.45. The van der Waals surface area contributed by atoms with Crippen LogP contribution >= 0.6 is 15.9 Å². The maximum absolute atomic E-state index is 11.2. The Morgan fingerprint density at radius 2 is 2.11 bits per heavy atom. The van der Waals surface area contributed by atoms with E-state index in [-0.39, 0.29) is 22.2 Å². The number of carbonyl (C=O) groups excluding carboxylic acids is 1. The van der Waals surface area contributed by atoms with Gasteiger partial charge in [-0.2, -0.15) is 0 Å². The minimum absolute atomic E-state index is 0.120. The largest absolute Gasteiger partial charge is 0.507 e. The molecule has 0 saturated carbocycles. The first kappa shape index (κ1) is 14.5. The molecule has 0 aliphatic carbocycles. The standard InChI is InChI=1S/C12H14BrNO4/c1-2-10(15)14-9(13)6-7-4-3-5-8(11(7)16)12(17)18/h3-5,9,16H,2,6H2,1H3,(H,14,15)(H,17,18)/t9-/m0/s1. The van der Waals surface area contributed by atoms with Gasteiger partial charge in [-0.1, -0.05) is 35.0 Å². The maximum atomic E-state index is 11.2. The summed E-state index contributed by atoms with van der Waals surface area (Å²) in [5, 5.41) is 21.3. The zero-order valence-electron chi connectivity index (χ0n) is 9.81. The second-order valence-corrected chi connectivity index (χ2v) is 4.82. The minimum Gasteiger partial charge on any atom is -0.507 e. The number of rotatable bonds is 5. The Labute approximate surface area is 113 Å². The van der Waals surface area contributed by atoms with Crippen molar-refractivity contribution in [1.29, 1.82) is 0 Å². The number of carbonyl (C=O) groups is 2. The van der Waals surface area contributed by atoms with E-state index in [0.29, 0.717) is 18.4 Å². The molecular formula is C12H14BrNO4. The van der Waals surface area contributed by atoms with Gasteiger partial charge in [-0.25, -0.2) is 4.79 Å². The number of benzene rings is 1. The summed E-state index contributed by atoms with van der Waals surface area (Å²) in [6.45, 7) is 1.73. The maximum Gasteiger partial charge on any atom is 0.339 e. The number of nitrogens with one attached hydrogen (secondary N) is 1. The molecule has 1 amide bonds. The smallest absolute Gasteiger partial charge is 0.339 e. The highest BCUT2D eigenvalue weighted by molar-refractivity contribution is 9.09. The van der Waals surface area contributed by atoms with Gasteiger partial charge in [0, 0.05) is 12.8 Å². The van der Waals surface area contributed by atoms with Crippen LogP contribution in [0.4, 0.5) is 0 Å². The van der Waals surface area contributed by atoms with E-state index < -0.39 is 5.97 Å². The van der Waals surface area contributed by atoms with Crippen molar-refractivity contribution >= 4 is 27.8 Å². The topological polar surface area (TPSA) is 86.6 Å². The predicted molar refractivity (Wildman–Crippen MR) is 69.9 cm³/mol. The highest BCUT2D eigenvalue weighted by Gasteiger charge is 2.16. The molecule has 3 N–H and O–H groups in total. The number of carboxylic acid groups (broad SMARTS) is 1. The number of amides is 1. The Balaban J connectivity index is 2.82. The molecule has 98 valence electrons. The van der Waals surface area contributed by atoms with Crippen LogP contribution in [0, 0.1) is 0 Å². The lowest BCUT2D eigenvalue weighted by Gasteiger charge is -2.13. The molecule has 1 aromatic rings. The summed E-state index contributed by atoms with van der Waals surface area (Å²) in [7, 11) is 0. The lowest BCUT2D eigenvalue weighted by atomic mass is 10.1. The van der Waals surface area contributed by atoms with Gasteiger partial charge in [-0.05, 0) is 11.6 Å². The summed E-state index contributed by atoms with van der Waals surface area (Å²) < 4.78 is 0. The third-order valence-electron chi connectivity index (χ3n) is 2.39. The molecule has 0 radical (unpaired) electrons. The quantitative estimate of drug-likeness (QED) is 0.572. The zero-order valence-corrected chi connectivity index (χ0v) is 11.4. The number of halogens is 1. The molecule has 0 saturated heterocycles. The molecule has 18 heavy (non-hydrogen) atoms. The van der Waals surface area contributed by atoms with Crippen molar-refractivity contribution in [3.63, 3.8) is 0 Å². The van der Waals surface area contributed by atoms with Gasteiger partial charge in [0.25, 0.3) is 0 Å². The molecule has 0 spiro atoms. The fourth-order valence-electron chi connectivity index (χ4n) is 1.45. The van der Waals surface area contributed by atoms with Crippen molar-refractivity contribution in [2.75, 3.05) is 0 Å². The monoisotopic (exact) mass is 315 g/mol. The number of carboxylic acids is 1. The SMILES string of the molecule is CCC(=O)N[C@H](Br)Cc1cccc(C(=O)O)c1O. The van der Waals surface area contributed by atoms with E-state index in [1.54, 1.807) is 19.1 Å². The van der Waals surface area contributed by atoms with E-state index in [1.165, 1.54) is 6.07 Å². The molecular weight excluding hydrogens is 302 g/mol. The Morgan fingerprint density at radius 3 is 2.67 bits per heavy atom. The number of phenols is 1. The summed E-state index contributed by atoms with van der Waals surface area (Å²) in [5.74, 6) is -1.57. The summed E-state index contributed by atoms with van der Waals surface area (Å²) in [4.78, 5) is 21.7.